The minimum Gasteiger partial charge on any atom is -0.363 e. The molecule has 1 aromatic heterocycles. The first-order valence-corrected chi connectivity index (χ1v) is 9.87. The third-order valence-corrected chi connectivity index (χ3v) is 6.33. The summed E-state index contributed by atoms with van der Waals surface area (Å²) < 4.78 is 6.14. The summed E-state index contributed by atoms with van der Waals surface area (Å²) in [6.07, 6.45) is 6.84. The molecule has 0 spiro atoms. The fraction of sp³-hybridized carbons (Fsp3) is 0.722. The van der Waals surface area contributed by atoms with Gasteiger partial charge < -0.3 is 10.1 Å². The Morgan fingerprint density at radius 2 is 2.22 bits per heavy atom. The highest BCUT2D eigenvalue weighted by molar-refractivity contribution is 7.09. The molecule has 3 aliphatic rings. The molecule has 0 radical (unpaired) electrons. The normalized spacial score (nSPS) is 31.0. The molecule has 3 heterocycles. The summed E-state index contributed by atoms with van der Waals surface area (Å²) in [5.41, 5.74) is 0. The van der Waals surface area contributed by atoms with Crippen LogP contribution in [0.5, 0.6) is 0 Å². The monoisotopic (exact) mass is 334 g/mol. The molecule has 0 unspecified atom stereocenters. The molecule has 23 heavy (non-hydrogen) atoms. The van der Waals surface area contributed by atoms with Gasteiger partial charge in [-0.05, 0) is 55.9 Å². The van der Waals surface area contributed by atoms with E-state index < -0.39 is 0 Å². The third kappa shape index (κ3) is 3.78. The number of fused-ring (bicyclic) bond motifs is 1. The Morgan fingerprint density at radius 3 is 3.00 bits per heavy atom. The Hall–Kier alpha value is -0.910. The highest BCUT2D eigenvalue weighted by Gasteiger charge is 2.42. The van der Waals surface area contributed by atoms with Crippen LogP contribution in [0.3, 0.4) is 0 Å². The number of thiophene rings is 1. The van der Waals surface area contributed by atoms with Crippen molar-refractivity contribution in [2.24, 2.45) is 5.92 Å². The smallest absolute Gasteiger partial charge is 0.249 e. The Bertz CT molecular complexity index is 529. The van der Waals surface area contributed by atoms with Gasteiger partial charge in [-0.3, -0.25) is 9.69 Å². The lowest BCUT2D eigenvalue weighted by Gasteiger charge is -2.35. The number of carbonyl (C=O) groups is 1. The largest absolute Gasteiger partial charge is 0.363 e. The van der Waals surface area contributed by atoms with Crippen LogP contribution < -0.4 is 5.32 Å². The van der Waals surface area contributed by atoms with E-state index in [0.717, 1.165) is 38.1 Å². The number of amides is 1. The molecule has 126 valence electrons. The fourth-order valence-corrected chi connectivity index (χ4v) is 4.65. The van der Waals surface area contributed by atoms with Crippen molar-refractivity contribution in [2.45, 2.75) is 56.8 Å². The van der Waals surface area contributed by atoms with Gasteiger partial charge in [0.1, 0.15) is 6.10 Å². The van der Waals surface area contributed by atoms with E-state index in [2.05, 4.69) is 27.7 Å². The van der Waals surface area contributed by atoms with E-state index in [4.69, 9.17) is 4.74 Å². The molecule has 5 heteroatoms. The highest BCUT2D eigenvalue weighted by atomic mass is 32.1. The SMILES string of the molecule is O=C(NCCc1cccs1)[C@@H]1CC[C@@H]2[C@@H](CCN2CC2CC2)O1. The molecule has 1 N–H and O–H groups in total. The number of hydrogen-bond donors (Lipinski definition) is 1. The van der Waals surface area contributed by atoms with E-state index in [1.165, 1.54) is 24.3 Å². The van der Waals surface area contributed by atoms with Gasteiger partial charge in [0.2, 0.25) is 5.91 Å². The van der Waals surface area contributed by atoms with Gasteiger partial charge in [0, 0.05) is 30.6 Å². The number of ether oxygens (including phenoxy) is 1. The molecular weight excluding hydrogens is 308 g/mol. The number of carbonyl (C=O) groups excluding carboxylic acids is 1. The van der Waals surface area contributed by atoms with E-state index >= 15 is 0 Å². The second kappa shape index (κ2) is 6.91. The second-order valence-electron chi connectivity index (χ2n) is 7.16. The standard InChI is InChI=1S/C18H26N2O2S/c21-18(19-9-7-14-2-1-11-23-14)17-6-5-15-16(22-17)8-10-20(15)12-13-3-4-13/h1-2,11,13,15-17H,3-10,12H2,(H,19,21)/t15-,16-,17+/m1/s1. The summed E-state index contributed by atoms with van der Waals surface area (Å²) in [4.78, 5) is 16.3. The number of hydrogen-bond acceptors (Lipinski definition) is 4. The quantitative estimate of drug-likeness (QED) is 0.869. The van der Waals surface area contributed by atoms with Crippen molar-refractivity contribution in [3.8, 4) is 0 Å². The molecule has 4 rings (SSSR count). The fourth-order valence-electron chi connectivity index (χ4n) is 3.94. The summed E-state index contributed by atoms with van der Waals surface area (Å²) in [5.74, 6) is 1.02. The van der Waals surface area contributed by atoms with Gasteiger partial charge in [-0.15, -0.1) is 11.3 Å². The summed E-state index contributed by atoms with van der Waals surface area (Å²) in [6.45, 7) is 3.11. The lowest BCUT2D eigenvalue weighted by Crippen LogP contribution is -2.48. The van der Waals surface area contributed by atoms with Crippen molar-refractivity contribution < 1.29 is 9.53 Å². The minimum absolute atomic E-state index is 0.0839. The summed E-state index contributed by atoms with van der Waals surface area (Å²) in [5, 5.41) is 5.13. The third-order valence-electron chi connectivity index (χ3n) is 5.40. The van der Waals surface area contributed by atoms with Crippen LogP contribution in [0, 0.1) is 5.92 Å². The number of nitrogens with zero attached hydrogens (tertiary/aromatic N) is 1. The maximum atomic E-state index is 12.3. The molecule has 2 saturated heterocycles. The van der Waals surface area contributed by atoms with Gasteiger partial charge in [0.25, 0.3) is 0 Å². The average Bonchev–Trinajstić information content (AvgIpc) is 3.07. The van der Waals surface area contributed by atoms with Crippen molar-refractivity contribution in [1.82, 2.24) is 10.2 Å². The number of rotatable bonds is 6. The molecule has 1 saturated carbocycles. The van der Waals surface area contributed by atoms with Gasteiger partial charge in [-0.2, -0.15) is 0 Å². The molecule has 0 bridgehead atoms. The van der Waals surface area contributed by atoms with Crippen LogP contribution in [0.1, 0.15) is 37.0 Å². The molecule has 3 fully saturated rings. The Balaban J connectivity index is 1.22. The van der Waals surface area contributed by atoms with Crippen molar-refractivity contribution in [1.29, 1.82) is 0 Å². The van der Waals surface area contributed by atoms with E-state index in [1.807, 2.05) is 0 Å². The van der Waals surface area contributed by atoms with Crippen molar-refractivity contribution in [3.63, 3.8) is 0 Å². The van der Waals surface area contributed by atoms with E-state index in [-0.39, 0.29) is 18.1 Å². The van der Waals surface area contributed by atoms with Gasteiger partial charge >= 0.3 is 0 Å². The number of nitrogens with one attached hydrogen (secondary N) is 1. The lowest BCUT2D eigenvalue weighted by atomic mass is 9.98. The zero-order chi connectivity index (χ0) is 15.6. The lowest BCUT2D eigenvalue weighted by molar-refractivity contribution is -0.143. The topological polar surface area (TPSA) is 41.6 Å². The summed E-state index contributed by atoms with van der Waals surface area (Å²) in [6, 6.07) is 4.73. The second-order valence-corrected chi connectivity index (χ2v) is 8.19. The maximum Gasteiger partial charge on any atom is 0.249 e. The van der Waals surface area contributed by atoms with Gasteiger partial charge in [0.15, 0.2) is 0 Å². The van der Waals surface area contributed by atoms with Gasteiger partial charge in [-0.1, -0.05) is 6.07 Å². The summed E-state index contributed by atoms with van der Waals surface area (Å²) >= 11 is 1.74. The minimum atomic E-state index is -0.236. The molecule has 0 aromatic carbocycles. The van der Waals surface area contributed by atoms with Crippen molar-refractivity contribution >= 4 is 17.2 Å². The van der Waals surface area contributed by atoms with E-state index in [1.54, 1.807) is 11.3 Å². The van der Waals surface area contributed by atoms with Crippen LogP contribution in [0.4, 0.5) is 0 Å². The molecule has 4 nitrogen and oxygen atoms in total. The predicted molar refractivity (Wildman–Crippen MR) is 91.6 cm³/mol. The Labute approximate surface area is 142 Å². The average molecular weight is 334 g/mol. The predicted octanol–water partition coefficient (Wildman–Crippen LogP) is 2.44. The van der Waals surface area contributed by atoms with Gasteiger partial charge in [-0.25, -0.2) is 0 Å². The zero-order valence-electron chi connectivity index (χ0n) is 13.6. The Kier molecular flexibility index (Phi) is 4.69. The first kappa shape index (κ1) is 15.6. The van der Waals surface area contributed by atoms with Crippen LogP contribution in [0.15, 0.2) is 17.5 Å². The molecule has 1 aromatic rings. The van der Waals surface area contributed by atoms with Crippen molar-refractivity contribution in [2.75, 3.05) is 19.6 Å². The van der Waals surface area contributed by atoms with Crippen LogP contribution in [-0.2, 0) is 16.0 Å². The first-order chi connectivity index (χ1) is 11.3. The molecule has 2 aliphatic heterocycles. The number of likely N-dealkylation sites (tertiary alicyclic amines) is 1. The molecule has 3 atom stereocenters. The Morgan fingerprint density at radius 1 is 1.30 bits per heavy atom. The van der Waals surface area contributed by atoms with E-state index in [0.29, 0.717) is 12.6 Å². The molecule has 1 amide bonds. The summed E-state index contributed by atoms with van der Waals surface area (Å²) in [7, 11) is 0. The van der Waals surface area contributed by atoms with Gasteiger partial charge in [0.05, 0.1) is 6.10 Å². The first-order valence-electron chi connectivity index (χ1n) is 8.99. The molecule has 1 aliphatic carbocycles. The molecular formula is C18H26N2O2S. The maximum absolute atomic E-state index is 12.3. The highest BCUT2D eigenvalue weighted by Crippen LogP contribution is 2.36. The van der Waals surface area contributed by atoms with Crippen LogP contribution >= 0.6 is 11.3 Å². The van der Waals surface area contributed by atoms with E-state index in [9.17, 15) is 4.79 Å². The zero-order valence-corrected chi connectivity index (χ0v) is 14.4. The van der Waals surface area contributed by atoms with Crippen LogP contribution in [0.25, 0.3) is 0 Å². The van der Waals surface area contributed by atoms with Crippen molar-refractivity contribution in [3.05, 3.63) is 22.4 Å². The van der Waals surface area contributed by atoms with Crippen LogP contribution in [0.2, 0.25) is 0 Å². The van der Waals surface area contributed by atoms with Crippen LogP contribution in [-0.4, -0.2) is 48.7 Å².